The third-order valence-corrected chi connectivity index (χ3v) is 5.84. The summed E-state index contributed by atoms with van der Waals surface area (Å²) in [5.41, 5.74) is -0.129. The highest BCUT2D eigenvalue weighted by atomic mass is 16.2. The van der Waals surface area contributed by atoms with E-state index < -0.39 is 16.7 Å². The Morgan fingerprint density at radius 1 is 1.21 bits per heavy atom. The molecule has 1 aromatic heterocycles. The van der Waals surface area contributed by atoms with Gasteiger partial charge in [0.05, 0.1) is 11.5 Å². The number of rotatable bonds is 4. The average molecular weight is 382 g/mol. The van der Waals surface area contributed by atoms with Gasteiger partial charge in [-0.05, 0) is 24.5 Å². The lowest BCUT2D eigenvalue weighted by atomic mass is 9.73. The minimum absolute atomic E-state index is 0.0661. The second kappa shape index (κ2) is 6.78. The summed E-state index contributed by atoms with van der Waals surface area (Å²) in [4.78, 5) is 53.1. The van der Waals surface area contributed by atoms with Gasteiger partial charge in [-0.2, -0.15) is 0 Å². The fourth-order valence-corrected chi connectivity index (χ4v) is 4.58. The van der Waals surface area contributed by atoms with E-state index in [1.807, 2.05) is 31.2 Å². The molecular weight excluding hydrogens is 360 g/mol. The summed E-state index contributed by atoms with van der Waals surface area (Å²) in [6.45, 7) is 2.30. The number of aromatic nitrogens is 2. The zero-order valence-corrected chi connectivity index (χ0v) is 15.6. The molecule has 4 rings (SSSR count). The zero-order chi connectivity index (χ0) is 19.9. The van der Waals surface area contributed by atoms with Crippen molar-refractivity contribution < 1.29 is 9.59 Å². The van der Waals surface area contributed by atoms with Crippen LogP contribution in [0.1, 0.15) is 31.7 Å². The number of anilines is 1. The molecule has 8 nitrogen and oxygen atoms in total. The molecule has 2 N–H and O–H groups in total. The number of nitrogens with one attached hydrogen (secondary N) is 2. The summed E-state index contributed by atoms with van der Waals surface area (Å²) in [6, 6.07) is 8.57. The lowest BCUT2D eigenvalue weighted by molar-refractivity contribution is -0.134. The van der Waals surface area contributed by atoms with Gasteiger partial charge in [-0.3, -0.25) is 23.9 Å². The molecule has 0 aliphatic carbocycles. The second-order valence-corrected chi connectivity index (χ2v) is 7.35. The monoisotopic (exact) mass is 382 g/mol. The van der Waals surface area contributed by atoms with Gasteiger partial charge in [-0.15, -0.1) is 0 Å². The third-order valence-electron chi connectivity index (χ3n) is 5.84. The Morgan fingerprint density at radius 2 is 2.00 bits per heavy atom. The molecule has 0 radical (unpaired) electrons. The van der Waals surface area contributed by atoms with Gasteiger partial charge in [-0.25, -0.2) is 4.79 Å². The van der Waals surface area contributed by atoms with Crippen LogP contribution in [0.2, 0.25) is 0 Å². The van der Waals surface area contributed by atoms with E-state index in [4.69, 9.17) is 0 Å². The van der Waals surface area contributed by atoms with Crippen LogP contribution in [0.25, 0.3) is 0 Å². The summed E-state index contributed by atoms with van der Waals surface area (Å²) in [5, 5.41) is 2.97. The highest BCUT2D eigenvalue weighted by molar-refractivity contribution is 6.07. The van der Waals surface area contributed by atoms with Crippen molar-refractivity contribution in [2.45, 2.75) is 44.2 Å². The Labute approximate surface area is 161 Å². The van der Waals surface area contributed by atoms with E-state index in [0.29, 0.717) is 19.4 Å². The molecule has 1 saturated heterocycles. The molecule has 0 unspecified atom stereocenters. The van der Waals surface area contributed by atoms with Gasteiger partial charge in [0, 0.05) is 24.5 Å². The summed E-state index contributed by atoms with van der Waals surface area (Å²) in [7, 11) is 0. The van der Waals surface area contributed by atoms with Gasteiger partial charge >= 0.3 is 5.69 Å². The molecule has 1 fully saturated rings. The van der Waals surface area contributed by atoms with Crippen molar-refractivity contribution in [3.05, 3.63) is 62.9 Å². The van der Waals surface area contributed by atoms with Crippen molar-refractivity contribution in [1.29, 1.82) is 0 Å². The standard InChI is InChI=1S/C20H22N4O4/c1-2-5-15-20(13-6-3-4-7-14(13)21-18(20)27)9-11-24(15)17(26)12-23-10-8-16(25)22-19(23)28/h3-4,6-8,10,15H,2,5,9,11-12H2,1H3,(H,21,27)(H,22,25,28)/t15-,20+/m0/s1. The smallest absolute Gasteiger partial charge is 0.328 e. The molecule has 0 saturated carbocycles. The maximum absolute atomic E-state index is 13.0. The first-order chi connectivity index (χ1) is 13.5. The molecule has 1 aromatic carbocycles. The Bertz CT molecular complexity index is 1060. The molecule has 3 heterocycles. The first-order valence-corrected chi connectivity index (χ1v) is 9.47. The Hall–Kier alpha value is -3.16. The minimum Gasteiger partial charge on any atom is -0.337 e. The average Bonchev–Trinajstić information content (AvgIpc) is 3.18. The van der Waals surface area contributed by atoms with Crippen LogP contribution in [0.4, 0.5) is 5.69 Å². The number of hydrogen-bond donors (Lipinski definition) is 2. The van der Waals surface area contributed by atoms with Crippen LogP contribution >= 0.6 is 0 Å². The lowest BCUT2D eigenvalue weighted by Gasteiger charge is -2.34. The molecular formula is C20H22N4O4. The highest BCUT2D eigenvalue weighted by Crippen LogP contribution is 2.49. The van der Waals surface area contributed by atoms with E-state index in [1.165, 1.54) is 16.8 Å². The second-order valence-electron chi connectivity index (χ2n) is 7.35. The third kappa shape index (κ3) is 2.67. The van der Waals surface area contributed by atoms with Gasteiger partial charge < -0.3 is 10.2 Å². The molecule has 0 bridgehead atoms. The predicted octanol–water partition coefficient (Wildman–Crippen LogP) is 0.828. The normalized spacial score (nSPS) is 23.1. The number of para-hydroxylation sites is 1. The summed E-state index contributed by atoms with van der Waals surface area (Å²) < 4.78 is 1.18. The summed E-state index contributed by atoms with van der Waals surface area (Å²) >= 11 is 0. The van der Waals surface area contributed by atoms with Crippen LogP contribution < -0.4 is 16.6 Å². The van der Waals surface area contributed by atoms with Gasteiger partial charge in [0.2, 0.25) is 11.8 Å². The van der Waals surface area contributed by atoms with E-state index >= 15 is 0 Å². The predicted molar refractivity (Wildman–Crippen MR) is 103 cm³/mol. The SMILES string of the molecule is CCC[C@@H]1N(C(=O)Cn2ccc(=O)[nH]c2=O)CC[C@]12C(=O)Nc1ccccc12. The fraction of sp³-hybridized carbons (Fsp3) is 0.400. The molecule has 2 amide bonds. The molecule has 28 heavy (non-hydrogen) atoms. The van der Waals surface area contributed by atoms with Gasteiger partial charge in [-0.1, -0.05) is 31.5 Å². The number of amides is 2. The molecule has 146 valence electrons. The van der Waals surface area contributed by atoms with E-state index in [9.17, 15) is 19.2 Å². The molecule has 2 aliphatic rings. The topological polar surface area (TPSA) is 104 Å². The maximum atomic E-state index is 13.0. The Balaban J connectivity index is 1.68. The number of likely N-dealkylation sites (tertiary alicyclic amines) is 1. The van der Waals surface area contributed by atoms with Crippen molar-refractivity contribution in [1.82, 2.24) is 14.5 Å². The molecule has 8 heteroatoms. The van der Waals surface area contributed by atoms with Crippen LogP contribution in [-0.4, -0.2) is 38.9 Å². The van der Waals surface area contributed by atoms with E-state index in [1.54, 1.807) is 4.90 Å². The number of nitrogens with zero attached hydrogens (tertiary/aromatic N) is 2. The van der Waals surface area contributed by atoms with Crippen molar-refractivity contribution in [2.75, 3.05) is 11.9 Å². The van der Waals surface area contributed by atoms with Gasteiger partial charge in [0.25, 0.3) is 5.56 Å². The quantitative estimate of drug-likeness (QED) is 0.817. The van der Waals surface area contributed by atoms with Crippen molar-refractivity contribution >= 4 is 17.5 Å². The number of carbonyl (C=O) groups excluding carboxylic acids is 2. The molecule has 2 aromatic rings. The van der Waals surface area contributed by atoms with Crippen LogP contribution in [0, 0.1) is 0 Å². The van der Waals surface area contributed by atoms with Crippen molar-refractivity contribution in [3.8, 4) is 0 Å². The number of hydrogen-bond acceptors (Lipinski definition) is 4. The first kappa shape index (κ1) is 18.2. The number of fused-ring (bicyclic) bond motifs is 2. The number of benzene rings is 1. The van der Waals surface area contributed by atoms with Crippen LogP contribution in [0.5, 0.6) is 0 Å². The summed E-state index contributed by atoms with van der Waals surface area (Å²) in [6.07, 6.45) is 3.38. The zero-order valence-electron chi connectivity index (χ0n) is 15.6. The van der Waals surface area contributed by atoms with Crippen molar-refractivity contribution in [2.24, 2.45) is 0 Å². The Kier molecular flexibility index (Phi) is 4.41. The van der Waals surface area contributed by atoms with E-state index in [0.717, 1.165) is 17.7 Å². The van der Waals surface area contributed by atoms with Crippen LogP contribution in [-0.2, 0) is 21.5 Å². The van der Waals surface area contributed by atoms with E-state index in [-0.39, 0.29) is 24.4 Å². The molecule has 2 aliphatic heterocycles. The highest BCUT2D eigenvalue weighted by Gasteiger charge is 2.58. The lowest BCUT2D eigenvalue weighted by Crippen LogP contribution is -2.49. The molecule has 2 atom stereocenters. The van der Waals surface area contributed by atoms with Gasteiger partial charge in [0.15, 0.2) is 0 Å². The fourth-order valence-electron chi connectivity index (χ4n) is 4.58. The Morgan fingerprint density at radius 3 is 2.75 bits per heavy atom. The number of carbonyl (C=O) groups is 2. The van der Waals surface area contributed by atoms with Crippen molar-refractivity contribution in [3.63, 3.8) is 0 Å². The first-order valence-electron chi connectivity index (χ1n) is 9.47. The van der Waals surface area contributed by atoms with Crippen LogP contribution in [0.3, 0.4) is 0 Å². The maximum Gasteiger partial charge on any atom is 0.328 e. The number of aromatic amines is 1. The minimum atomic E-state index is -0.752. The largest absolute Gasteiger partial charge is 0.337 e. The van der Waals surface area contributed by atoms with Gasteiger partial charge in [0.1, 0.15) is 6.54 Å². The summed E-state index contributed by atoms with van der Waals surface area (Å²) in [5.74, 6) is -0.301. The van der Waals surface area contributed by atoms with Crippen LogP contribution in [0.15, 0.2) is 46.1 Å². The molecule has 1 spiro atoms. The van der Waals surface area contributed by atoms with E-state index in [2.05, 4.69) is 10.3 Å². The number of H-pyrrole nitrogens is 1.